The minimum Gasteiger partial charge on any atom is -0.379 e. The Hall–Kier alpha value is -1.53. The van der Waals surface area contributed by atoms with Crippen LogP contribution >= 0.6 is 0 Å². The summed E-state index contributed by atoms with van der Waals surface area (Å²) >= 11 is 0. The van der Waals surface area contributed by atoms with Crippen molar-refractivity contribution in [3.8, 4) is 0 Å². The maximum atomic E-state index is 11.9. The Labute approximate surface area is 93.4 Å². The van der Waals surface area contributed by atoms with E-state index in [4.69, 9.17) is 4.74 Å². The van der Waals surface area contributed by atoms with Crippen molar-refractivity contribution in [3.05, 3.63) is 18.3 Å². The predicted octanol–water partition coefficient (Wildman–Crippen LogP) is -0.351. The molecule has 0 bridgehead atoms. The van der Waals surface area contributed by atoms with Crippen LogP contribution in [0, 0.1) is 5.92 Å². The number of hydrogen-bond acceptors (Lipinski definition) is 5. The third kappa shape index (κ3) is 2.34. The van der Waals surface area contributed by atoms with Crippen LogP contribution in [-0.2, 0) is 9.53 Å². The molecular weight excluding hydrogens is 208 g/mol. The number of aromatic nitrogens is 2. The molecule has 1 fully saturated rings. The van der Waals surface area contributed by atoms with Crippen LogP contribution in [0.25, 0.3) is 0 Å². The lowest BCUT2D eigenvalue weighted by Crippen LogP contribution is -2.39. The number of rotatable bonds is 3. The Morgan fingerprint density at radius 3 is 3.12 bits per heavy atom. The summed E-state index contributed by atoms with van der Waals surface area (Å²) in [7, 11) is 1.82. The van der Waals surface area contributed by atoms with Crippen molar-refractivity contribution in [1.82, 2.24) is 15.5 Å². The van der Waals surface area contributed by atoms with Crippen LogP contribution in [0.3, 0.4) is 0 Å². The lowest BCUT2D eigenvalue weighted by Gasteiger charge is -2.15. The molecule has 6 nitrogen and oxygen atoms in total. The number of amides is 1. The Kier molecular flexibility index (Phi) is 3.43. The molecule has 0 spiro atoms. The number of nitrogens with zero attached hydrogens (tertiary/aromatic N) is 2. The van der Waals surface area contributed by atoms with E-state index in [-0.39, 0.29) is 17.9 Å². The van der Waals surface area contributed by atoms with Crippen LogP contribution in [0.15, 0.2) is 18.3 Å². The molecule has 1 aliphatic rings. The van der Waals surface area contributed by atoms with Gasteiger partial charge in [-0.3, -0.25) is 4.79 Å². The molecule has 2 heterocycles. The summed E-state index contributed by atoms with van der Waals surface area (Å²) in [5.74, 6) is 0.207. The zero-order valence-electron chi connectivity index (χ0n) is 9.01. The highest BCUT2D eigenvalue weighted by atomic mass is 16.5. The van der Waals surface area contributed by atoms with Crippen molar-refractivity contribution in [1.29, 1.82) is 0 Å². The average molecular weight is 222 g/mol. The first-order valence-electron chi connectivity index (χ1n) is 5.15. The summed E-state index contributed by atoms with van der Waals surface area (Å²) in [5.41, 5.74) is 0. The van der Waals surface area contributed by atoms with Crippen LogP contribution < -0.4 is 10.6 Å². The van der Waals surface area contributed by atoms with Crippen LogP contribution in [0.5, 0.6) is 0 Å². The van der Waals surface area contributed by atoms with E-state index in [1.54, 1.807) is 18.3 Å². The van der Waals surface area contributed by atoms with E-state index in [9.17, 15) is 4.79 Å². The van der Waals surface area contributed by atoms with Crippen molar-refractivity contribution in [3.63, 3.8) is 0 Å². The van der Waals surface area contributed by atoms with Gasteiger partial charge >= 0.3 is 0 Å². The molecule has 0 radical (unpaired) electrons. The molecule has 1 saturated heterocycles. The molecule has 1 aromatic heterocycles. The van der Waals surface area contributed by atoms with Gasteiger partial charge in [0.1, 0.15) is 0 Å². The van der Waals surface area contributed by atoms with E-state index < -0.39 is 0 Å². The summed E-state index contributed by atoms with van der Waals surface area (Å²) in [6.07, 6.45) is 1.56. The number of hydrogen-bond donors (Lipinski definition) is 2. The van der Waals surface area contributed by atoms with Gasteiger partial charge in [-0.15, -0.1) is 5.10 Å². The average Bonchev–Trinajstić information content (AvgIpc) is 2.78. The van der Waals surface area contributed by atoms with Crippen LogP contribution in [-0.4, -0.2) is 42.4 Å². The molecule has 2 unspecified atom stereocenters. The van der Waals surface area contributed by atoms with E-state index in [1.807, 2.05) is 7.05 Å². The summed E-state index contributed by atoms with van der Waals surface area (Å²) in [4.78, 5) is 11.9. The van der Waals surface area contributed by atoms with Gasteiger partial charge in [0.25, 0.3) is 0 Å². The molecule has 1 amide bonds. The molecule has 0 aliphatic carbocycles. The minimum atomic E-state index is -0.174. The Morgan fingerprint density at radius 2 is 2.44 bits per heavy atom. The van der Waals surface area contributed by atoms with Gasteiger partial charge in [-0.2, -0.15) is 5.10 Å². The van der Waals surface area contributed by atoms with E-state index in [2.05, 4.69) is 20.8 Å². The van der Waals surface area contributed by atoms with Gasteiger partial charge in [0.15, 0.2) is 5.82 Å². The normalized spacial score (nSPS) is 24.3. The molecule has 0 saturated carbocycles. The van der Waals surface area contributed by atoms with Gasteiger partial charge in [-0.25, -0.2) is 0 Å². The fourth-order valence-electron chi connectivity index (χ4n) is 1.68. The second-order valence-electron chi connectivity index (χ2n) is 3.64. The van der Waals surface area contributed by atoms with Gasteiger partial charge in [0, 0.05) is 12.2 Å². The standard InChI is InChI=1S/C10H14N4O2/c1-11-8-6-16-5-7(8)10(15)13-9-3-2-4-12-14-9/h2-4,7-8,11H,5-6H2,1H3,(H,13,14,15). The number of anilines is 1. The predicted molar refractivity (Wildman–Crippen MR) is 57.8 cm³/mol. The van der Waals surface area contributed by atoms with Crippen molar-refractivity contribution in [2.24, 2.45) is 5.92 Å². The monoisotopic (exact) mass is 222 g/mol. The quantitative estimate of drug-likeness (QED) is 0.731. The molecule has 2 atom stereocenters. The number of carbonyl (C=O) groups is 1. The second kappa shape index (κ2) is 5.00. The minimum absolute atomic E-state index is 0.0664. The Bertz CT molecular complexity index is 357. The van der Waals surface area contributed by atoms with E-state index in [0.29, 0.717) is 19.0 Å². The van der Waals surface area contributed by atoms with Crippen LogP contribution in [0.2, 0.25) is 0 Å². The van der Waals surface area contributed by atoms with Gasteiger partial charge < -0.3 is 15.4 Å². The van der Waals surface area contributed by atoms with E-state index in [0.717, 1.165) is 0 Å². The molecule has 1 aromatic rings. The highest BCUT2D eigenvalue weighted by molar-refractivity contribution is 5.92. The maximum absolute atomic E-state index is 11.9. The number of likely N-dealkylation sites (N-methyl/N-ethyl adjacent to an activating group) is 1. The highest BCUT2D eigenvalue weighted by Crippen LogP contribution is 2.15. The maximum Gasteiger partial charge on any atom is 0.232 e. The highest BCUT2D eigenvalue weighted by Gasteiger charge is 2.33. The third-order valence-corrected chi connectivity index (χ3v) is 2.61. The lowest BCUT2D eigenvalue weighted by atomic mass is 10.0. The van der Waals surface area contributed by atoms with Crippen LogP contribution in [0.1, 0.15) is 0 Å². The topological polar surface area (TPSA) is 76.1 Å². The molecular formula is C10H14N4O2. The zero-order valence-corrected chi connectivity index (χ0v) is 9.01. The largest absolute Gasteiger partial charge is 0.379 e. The molecule has 6 heteroatoms. The Balaban J connectivity index is 1.98. The zero-order chi connectivity index (χ0) is 11.4. The first-order chi connectivity index (χ1) is 7.81. The van der Waals surface area contributed by atoms with Gasteiger partial charge in [-0.1, -0.05) is 0 Å². The van der Waals surface area contributed by atoms with Crippen molar-refractivity contribution in [2.75, 3.05) is 25.6 Å². The SMILES string of the molecule is CNC1COCC1C(=O)Nc1cccnn1. The fourth-order valence-corrected chi connectivity index (χ4v) is 1.68. The molecule has 2 N–H and O–H groups in total. The van der Waals surface area contributed by atoms with E-state index in [1.165, 1.54) is 0 Å². The third-order valence-electron chi connectivity index (χ3n) is 2.61. The molecule has 2 rings (SSSR count). The second-order valence-corrected chi connectivity index (χ2v) is 3.64. The molecule has 0 aromatic carbocycles. The van der Waals surface area contributed by atoms with Crippen LogP contribution in [0.4, 0.5) is 5.82 Å². The van der Waals surface area contributed by atoms with Gasteiger partial charge in [0.2, 0.25) is 5.91 Å². The summed E-state index contributed by atoms with van der Waals surface area (Å²) in [6, 6.07) is 3.50. The summed E-state index contributed by atoms with van der Waals surface area (Å²) < 4.78 is 5.26. The molecule has 16 heavy (non-hydrogen) atoms. The fraction of sp³-hybridized carbons (Fsp3) is 0.500. The summed E-state index contributed by atoms with van der Waals surface area (Å²) in [6.45, 7) is 1.01. The van der Waals surface area contributed by atoms with Gasteiger partial charge in [-0.05, 0) is 19.2 Å². The molecule has 86 valence electrons. The van der Waals surface area contributed by atoms with Gasteiger partial charge in [0.05, 0.1) is 19.1 Å². The van der Waals surface area contributed by atoms with Crippen molar-refractivity contribution >= 4 is 11.7 Å². The number of ether oxygens (including phenoxy) is 1. The lowest BCUT2D eigenvalue weighted by molar-refractivity contribution is -0.120. The van der Waals surface area contributed by atoms with Crippen molar-refractivity contribution < 1.29 is 9.53 Å². The first-order valence-corrected chi connectivity index (χ1v) is 5.15. The number of carbonyl (C=O) groups excluding carboxylic acids is 1. The summed E-state index contributed by atoms with van der Waals surface area (Å²) in [5, 5.41) is 13.3. The number of nitrogens with one attached hydrogen (secondary N) is 2. The van der Waals surface area contributed by atoms with E-state index >= 15 is 0 Å². The smallest absolute Gasteiger partial charge is 0.232 e. The van der Waals surface area contributed by atoms with Crippen molar-refractivity contribution in [2.45, 2.75) is 6.04 Å². The molecule has 1 aliphatic heterocycles. The first kappa shape index (κ1) is 11.0. The Morgan fingerprint density at radius 1 is 1.56 bits per heavy atom.